The van der Waals surface area contributed by atoms with Crippen LogP contribution in [0.15, 0.2) is 24.3 Å². The lowest BCUT2D eigenvalue weighted by molar-refractivity contribution is -0.462. The molecule has 234 valence electrons. The zero-order valence-corrected chi connectivity index (χ0v) is 20.2. The fraction of sp³-hybridized carbons (Fsp3) is 0.714. The second-order valence-electron chi connectivity index (χ2n) is 8.64. The van der Waals surface area contributed by atoms with E-state index in [9.17, 15) is 74.6 Å². The van der Waals surface area contributed by atoms with Crippen molar-refractivity contribution in [3.8, 4) is 5.75 Å². The minimum Gasteiger partial charge on any atom is -0.494 e. The summed E-state index contributed by atoms with van der Waals surface area (Å²) in [5, 5.41) is 0. The van der Waals surface area contributed by atoms with Gasteiger partial charge in [0.25, 0.3) is 0 Å². The van der Waals surface area contributed by atoms with Gasteiger partial charge in [-0.3, -0.25) is 0 Å². The zero-order valence-electron chi connectivity index (χ0n) is 20.2. The van der Waals surface area contributed by atoms with E-state index in [-0.39, 0.29) is 12.4 Å². The summed E-state index contributed by atoms with van der Waals surface area (Å²) in [5.74, 6) is -56.9. The van der Waals surface area contributed by atoms with Gasteiger partial charge in [0.1, 0.15) is 5.75 Å². The summed E-state index contributed by atoms with van der Waals surface area (Å²) in [5.41, 5.74) is -3.41. The molecule has 0 aromatic heterocycles. The van der Waals surface area contributed by atoms with E-state index in [1.807, 2.05) is 0 Å². The third kappa shape index (κ3) is 5.37. The van der Waals surface area contributed by atoms with Crippen LogP contribution in [0.25, 0.3) is 0 Å². The SMILES string of the molecule is CCCOc1cccc(C(C)(CC(F)(F)C(F)(F)C(F)(F)C(F)(F)C(F)(F)C(F)(F)C(F)(F)C(F)(F)F)OC)c1. The first-order valence-electron chi connectivity index (χ1n) is 10.6. The lowest BCUT2D eigenvalue weighted by atomic mass is 9.83. The summed E-state index contributed by atoms with van der Waals surface area (Å²) >= 11 is 0. The molecule has 0 aliphatic heterocycles. The minimum absolute atomic E-state index is 0.0227. The Labute approximate surface area is 214 Å². The van der Waals surface area contributed by atoms with E-state index < -0.39 is 65.2 Å². The second kappa shape index (κ2) is 10.6. The Hall–Kier alpha value is -2.21. The van der Waals surface area contributed by atoms with E-state index in [0.29, 0.717) is 20.5 Å². The Balaban J connectivity index is 3.63. The fourth-order valence-electron chi connectivity index (χ4n) is 3.16. The van der Waals surface area contributed by atoms with Crippen molar-refractivity contribution in [1.29, 1.82) is 0 Å². The summed E-state index contributed by atoms with van der Waals surface area (Å²) < 4.78 is 240. The van der Waals surface area contributed by atoms with Gasteiger partial charge in [-0.25, -0.2) is 0 Å². The molecule has 1 unspecified atom stereocenters. The molecule has 0 spiro atoms. The number of alkyl halides is 17. The molecule has 0 heterocycles. The number of benzene rings is 1. The second-order valence-corrected chi connectivity index (χ2v) is 8.64. The molecule has 1 rings (SSSR count). The molecule has 0 N–H and O–H groups in total. The maximum Gasteiger partial charge on any atom is 0.460 e. The highest BCUT2D eigenvalue weighted by atomic mass is 19.4. The Bertz CT molecular complexity index is 1020. The number of hydrogen-bond donors (Lipinski definition) is 0. The first-order valence-corrected chi connectivity index (χ1v) is 10.6. The monoisotopic (exact) mass is 626 g/mol. The standard InChI is InChI=1S/C21H19F17O2/c1-4-8-40-12-7-5-6-11(9-12)13(2,39-3)10-14(22,23)15(24,25)16(26,27)17(28,29)18(30,31)19(32,33)20(34,35)21(36,37)38/h5-7,9H,4,8,10H2,1-3H3. The van der Waals surface area contributed by atoms with Crippen molar-refractivity contribution >= 4 is 0 Å². The predicted octanol–water partition coefficient (Wildman–Crippen LogP) is 8.74. The van der Waals surface area contributed by atoms with Crippen molar-refractivity contribution in [1.82, 2.24) is 0 Å². The molecule has 0 bridgehead atoms. The highest BCUT2D eigenvalue weighted by molar-refractivity contribution is 5.33. The molecule has 40 heavy (non-hydrogen) atoms. The Morgan fingerprint density at radius 1 is 0.625 bits per heavy atom. The Morgan fingerprint density at radius 3 is 1.45 bits per heavy atom. The van der Waals surface area contributed by atoms with Crippen LogP contribution in [0.3, 0.4) is 0 Å². The topological polar surface area (TPSA) is 18.5 Å². The molecule has 0 amide bonds. The normalized spacial score (nSPS) is 16.6. The van der Waals surface area contributed by atoms with Crippen molar-refractivity contribution in [2.45, 2.75) is 79.9 Å². The van der Waals surface area contributed by atoms with Gasteiger partial charge in [-0.05, 0) is 31.0 Å². The van der Waals surface area contributed by atoms with Crippen LogP contribution >= 0.6 is 0 Å². The summed E-state index contributed by atoms with van der Waals surface area (Å²) in [6.07, 6.45) is -10.2. The quantitative estimate of drug-likeness (QED) is 0.204. The number of ether oxygens (including phenoxy) is 2. The van der Waals surface area contributed by atoms with Gasteiger partial charge in [0.05, 0.1) is 18.6 Å². The highest BCUT2D eigenvalue weighted by Crippen LogP contribution is 2.64. The molecule has 0 aliphatic carbocycles. The van der Waals surface area contributed by atoms with Gasteiger partial charge >= 0.3 is 47.6 Å². The molecular weight excluding hydrogens is 607 g/mol. The van der Waals surface area contributed by atoms with E-state index in [0.717, 1.165) is 18.2 Å². The van der Waals surface area contributed by atoms with Crippen molar-refractivity contribution in [2.24, 2.45) is 0 Å². The van der Waals surface area contributed by atoms with Crippen LogP contribution in [0, 0.1) is 0 Å². The average molecular weight is 626 g/mol. The van der Waals surface area contributed by atoms with Gasteiger partial charge in [0, 0.05) is 7.11 Å². The van der Waals surface area contributed by atoms with Crippen LogP contribution < -0.4 is 4.74 Å². The number of methoxy groups -OCH3 is 1. The van der Waals surface area contributed by atoms with Crippen LogP contribution in [0.1, 0.15) is 32.3 Å². The maximum absolute atomic E-state index is 14.6. The molecule has 19 heteroatoms. The summed E-state index contributed by atoms with van der Waals surface area (Å²) in [6, 6.07) is 3.99. The van der Waals surface area contributed by atoms with Gasteiger partial charge in [-0.15, -0.1) is 0 Å². The smallest absolute Gasteiger partial charge is 0.460 e. The molecule has 0 fully saturated rings. The molecule has 0 saturated carbocycles. The number of halogens is 17. The molecule has 1 atom stereocenters. The molecule has 0 saturated heterocycles. The van der Waals surface area contributed by atoms with Gasteiger partial charge in [-0.1, -0.05) is 19.1 Å². The van der Waals surface area contributed by atoms with Crippen molar-refractivity contribution in [3.05, 3.63) is 29.8 Å². The summed E-state index contributed by atoms with van der Waals surface area (Å²) in [6.45, 7) is 2.17. The van der Waals surface area contributed by atoms with Crippen LogP contribution in [0.2, 0.25) is 0 Å². The van der Waals surface area contributed by atoms with E-state index in [1.54, 1.807) is 6.92 Å². The van der Waals surface area contributed by atoms with Gasteiger partial charge < -0.3 is 9.47 Å². The van der Waals surface area contributed by atoms with E-state index >= 15 is 0 Å². The van der Waals surface area contributed by atoms with Crippen LogP contribution in [0.4, 0.5) is 74.6 Å². The summed E-state index contributed by atoms with van der Waals surface area (Å²) in [7, 11) is 0.536. The Kier molecular flexibility index (Phi) is 9.46. The van der Waals surface area contributed by atoms with Gasteiger partial charge in [0.2, 0.25) is 0 Å². The van der Waals surface area contributed by atoms with Crippen LogP contribution in [-0.4, -0.2) is 61.4 Å². The molecule has 1 aromatic carbocycles. The summed E-state index contributed by atoms with van der Waals surface area (Å²) in [4.78, 5) is 0. The molecule has 1 aromatic rings. The van der Waals surface area contributed by atoms with Gasteiger partial charge in [-0.2, -0.15) is 74.6 Å². The fourth-order valence-corrected chi connectivity index (χ4v) is 3.16. The lowest BCUT2D eigenvalue weighted by Gasteiger charge is -2.44. The maximum atomic E-state index is 14.6. The first-order chi connectivity index (χ1) is 17.6. The largest absolute Gasteiger partial charge is 0.494 e. The molecule has 0 radical (unpaired) electrons. The third-order valence-corrected chi connectivity index (χ3v) is 5.71. The van der Waals surface area contributed by atoms with Crippen molar-refractivity contribution in [3.63, 3.8) is 0 Å². The Morgan fingerprint density at radius 2 is 1.05 bits per heavy atom. The van der Waals surface area contributed by atoms with Crippen molar-refractivity contribution in [2.75, 3.05) is 13.7 Å². The molecule has 0 aliphatic rings. The van der Waals surface area contributed by atoms with Crippen LogP contribution in [-0.2, 0) is 10.3 Å². The average Bonchev–Trinajstić information content (AvgIpc) is 2.81. The van der Waals surface area contributed by atoms with Crippen LogP contribution in [0.5, 0.6) is 5.75 Å². The molecule has 2 nitrogen and oxygen atoms in total. The van der Waals surface area contributed by atoms with E-state index in [2.05, 4.69) is 4.74 Å². The number of rotatable bonds is 13. The lowest BCUT2D eigenvalue weighted by Crippen LogP contribution is -2.74. The highest BCUT2D eigenvalue weighted by Gasteiger charge is 2.95. The first kappa shape index (κ1) is 35.8. The third-order valence-electron chi connectivity index (χ3n) is 5.71. The van der Waals surface area contributed by atoms with E-state index in [1.165, 1.54) is 6.07 Å². The van der Waals surface area contributed by atoms with Crippen molar-refractivity contribution < 1.29 is 84.1 Å². The predicted molar refractivity (Wildman–Crippen MR) is 102 cm³/mol. The number of hydrogen-bond acceptors (Lipinski definition) is 2. The van der Waals surface area contributed by atoms with E-state index in [4.69, 9.17) is 4.74 Å². The molecular formula is C21H19F17O2. The minimum atomic E-state index is -8.67. The van der Waals surface area contributed by atoms with Gasteiger partial charge in [0.15, 0.2) is 0 Å². The zero-order chi connectivity index (χ0) is 32.0.